The zero-order valence-corrected chi connectivity index (χ0v) is 15.0. The number of hydrogen-bond donors (Lipinski definition) is 1. The Morgan fingerprint density at radius 3 is 2.46 bits per heavy atom. The van der Waals surface area contributed by atoms with Crippen LogP contribution in [0.15, 0.2) is 47.4 Å². The van der Waals surface area contributed by atoms with Gasteiger partial charge in [-0.05, 0) is 59.8 Å². The van der Waals surface area contributed by atoms with Crippen molar-refractivity contribution in [3.05, 3.63) is 63.5 Å². The highest BCUT2D eigenvalue weighted by Crippen LogP contribution is 2.32. The minimum Gasteiger partial charge on any atom is -0.493 e. The fourth-order valence-electron chi connectivity index (χ4n) is 2.18. The highest BCUT2D eigenvalue weighted by molar-refractivity contribution is 8.18. The number of halogens is 1. The standard InChI is InChI=1S/C18H12ClNO5S/c1-24-14-8-10(9-15-16(21)20-18(23)26-15)2-7-13(14)25-17(22)11-3-5-12(19)6-4-11/h2-9H,1H3,(H,20,21,23)/b15-9-. The quantitative estimate of drug-likeness (QED) is 0.485. The van der Waals surface area contributed by atoms with Crippen LogP contribution >= 0.6 is 23.4 Å². The summed E-state index contributed by atoms with van der Waals surface area (Å²) >= 11 is 6.62. The number of rotatable bonds is 4. The summed E-state index contributed by atoms with van der Waals surface area (Å²) in [5.41, 5.74) is 0.973. The van der Waals surface area contributed by atoms with E-state index < -0.39 is 17.1 Å². The van der Waals surface area contributed by atoms with E-state index in [0.717, 1.165) is 11.8 Å². The first kappa shape index (κ1) is 18.0. The van der Waals surface area contributed by atoms with E-state index in [1.807, 2.05) is 0 Å². The summed E-state index contributed by atoms with van der Waals surface area (Å²) in [6.07, 6.45) is 1.55. The molecule has 1 heterocycles. The molecule has 8 heteroatoms. The second-order valence-electron chi connectivity index (χ2n) is 5.16. The van der Waals surface area contributed by atoms with Crippen LogP contribution in [0.5, 0.6) is 11.5 Å². The van der Waals surface area contributed by atoms with Gasteiger partial charge in [0, 0.05) is 5.02 Å². The molecule has 2 amide bonds. The Morgan fingerprint density at radius 1 is 1.12 bits per heavy atom. The summed E-state index contributed by atoms with van der Waals surface area (Å²) in [6.45, 7) is 0. The summed E-state index contributed by atoms with van der Waals surface area (Å²) < 4.78 is 10.6. The van der Waals surface area contributed by atoms with Crippen LogP contribution in [0.3, 0.4) is 0 Å². The van der Waals surface area contributed by atoms with Gasteiger partial charge in [0.1, 0.15) is 0 Å². The third kappa shape index (κ3) is 4.07. The minimum absolute atomic E-state index is 0.231. The smallest absolute Gasteiger partial charge is 0.343 e. The lowest BCUT2D eigenvalue weighted by Crippen LogP contribution is -2.17. The Kier molecular flexibility index (Phi) is 5.29. The maximum absolute atomic E-state index is 12.2. The van der Waals surface area contributed by atoms with Crippen LogP contribution in [0.25, 0.3) is 6.08 Å². The molecule has 0 aromatic heterocycles. The SMILES string of the molecule is COc1cc(/C=C2\SC(=O)NC2=O)ccc1OC(=O)c1ccc(Cl)cc1. The maximum Gasteiger partial charge on any atom is 0.343 e. The molecule has 0 aliphatic carbocycles. The first-order chi connectivity index (χ1) is 12.5. The molecule has 1 aliphatic rings. The number of thioether (sulfide) groups is 1. The van der Waals surface area contributed by atoms with Gasteiger partial charge in [0.2, 0.25) is 0 Å². The summed E-state index contributed by atoms with van der Waals surface area (Å²) in [7, 11) is 1.44. The highest BCUT2D eigenvalue weighted by atomic mass is 35.5. The lowest BCUT2D eigenvalue weighted by molar-refractivity contribution is -0.115. The monoisotopic (exact) mass is 389 g/mol. The van der Waals surface area contributed by atoms with E-state index in [2.05, 4.69) is 5.32 Å². The van der Waals surface area contributed by atoms with E-state index in [1.165, 1.54) is 7.11 Å². The van der Waals surface area contributed by atoms with Gasteiger partial charge in [-0.15, -0.1) is 0 Å². The molecule has 26 heavy (non-hydrogen) atoms. The number of imide groups is 1. The number of amides is 2. The number of carbonyl (C=O) groups excluding carboxylic acids is 3. The molecule has 132 valence electrons. The summed E-state index contributed by atoms with van der Waals surface area (Å²) in [6, 6.07) is 11.1. The van der Waals surface area contributed by atoms with Gasteiger partial charge in [0.25, 0.3) is 11.1 Å². The Hall–Kier alpha value is -2.77. The number of esters is 1. The van der Waals surface area contributed by atoms with Gasteiger partial charge in [-0.1, -0.05) is 17.7 Å². The molecule has 1 aliphatic heterocycles. The second-order valence-corrected chi connectivity index (χ2v) is 6.61. The van der Waals surface area contributed by atoms with Gasteiger partial charge in [-0.3, -0.25) is 14.9 Å². The normalized spacial score (nSPS) is 15.1. The van der Waals surface area contributed by atoms with Crippen LogP contribution in [0.1, 0.15) is 15.9 Å². The molecule has 0 bridgehead atoms. The van der Waals surface area contributed by atoms with Crippen molar-refractivity contribution in [3.8, 4) is 11.5 Å². The summed E-state index contributed by atoms with van der Waals surface area (Å²) in [5.74, 6) is -0.454. The van der Waals surface area contributed by atoms with Crippen molar-refractivity contribution in [2.24, 2.45) is 0 Å². The van der Waals surface area contributed by atoms with E-state index >= 15 is 0 Å². The third-order valence-electron chi connectivity index (χ3n) is 3.41. The predicted octanol–water partition coefficient (Wildman–Crippen LogP) is 3.89. The molecular weight excluding hydrogens is 378 g/mol. The molecule has 1 saturated heterocycles. The van der Waals surface area contributed by atoms with Crippen LogP contribution in [-0.4, -0.2) is 24.2 Å². The van der Waals surface area contributed by atoms with Crippen LogP contribution in [0.4, 0.5) is 4.79 Å². The molecule has 1 fully saturated rings. The van der Waals surface area contributed by atoms with Crippen molar-refractivity contribution in [2.45, 2.75) is 0 Å². The van der Waals surface area contributed by atoms with Gasteiger partial charge in [-0.2, -0.15) is 0 Å². The van der Waals surface area contributed by atoms with Gasteiger partial charge in [0.15, 0.2) is 11.5 Å². The topological polar surface area (TPSA) is 81.7 Å². The molecule has 1 N–H and O–H groups in total. The molecular formula is C18H12ClNO5S. The van der Waals surface area contributed by atoms with Crippen molar-refractivity contribution in [2.75, 3.05) is 7.11 Å². The molecule has 3 rings (SSSR count). The Morgan fingerprint density at radius 2 is 1.85 bits per heavy atom. The van der Waals surface area contributed by atoms with Crippen LogP contribution in [0, 0.1) is 0 Å². The molecule has 0 saturated carbocycles. The molecule has 2 aromatic carbocycles. The van der Waals surface area contributed by atoms with Gasteiger partial charge < -0.3 is 9.47 Å². The number of methoxy groups -OCH3 is 1. The molecule has 0 atom stereocenters. The fourth-order valence-corrected chi connectivity index (χ4v) is 2.98. The highest BCUT2D eigenvalue weighted by Gasteiger charge is 2.25. The van der Waals surface area contributed by atoms with Crippen molar-refractivity contribution < 1.29 is 23.9 Å². The van der Waals surface area contributed by atoms with E-state index in [4.69, 9.17) is 21.1 Å². The average Bonchev–Trinajstić information content (AvgIpc) is 2.93. The van der Waals surface area contributed by atoms with E-state index in [0.29, 0.717) is 21.9 Å². The minimum atomic E-state index is -0.553. The van der Waals surface area contributed by atoms with Crippen LogP contribution in [-0.2, 0) is 4.79 Å². The third-order valence-corrected chi connectivity index (χ3v) is 4.47. The molecule has 0 unspecified atom stereocenters. The number of nitrogens with one attached hydrogen (secondary N) is 1. The van der Waals surface area contributed by atoms with E-state index in [9.17, 15) is 14.4 Å². The molecule has 0 spiro atoms. The number of carbonyl (C=O) groups is 3. The van der Waals surface area contributed by atoms with Crippen LogP contribution in [0.2, 0.25) is 5.02 Å². The van der Waals surface area contributed by atoms with E-state index in [-0.39, 0.29) is 10.7 Å². The van der Waals surface area contributed by atoms with Gasteiger partial charge >= 0.3 is 5.97 Å². The number of hydrogen-bond acceptors (Lipinski definition) is 6. The summed E-state index contributed by atoms with van der Waals surface area (Å²) in [4.78, 5) is 35.3. The lowest BCUT2D eigenvalue weighted by Gasteiger charge is -2.10. The Balaban J connectivity index is 1.82. The predicted molar refractivity (Wildman–Crippen MR) is 98.5 cm³/mol. The lowest BCUT2D eigenvalue weighted by atomic mass is 10.2. The van der Waals surface area contributed by atoms with Crippen molar-refractivity contribution in [3.63, 3.8) is 0 Å². The Labute approximate surface area is 158 Å². The van der Waals surface area contributed by atoms with Crippen molar-refractivity contribution in [1.29, 1.82) is 0 Å². The fraction of sp³-hybridized carbons (Fsp3) is 0.0556. The van der Waals surface area contributed by atoms with Crippen molar-refractivity contribution >= 4 is 46.6 Å². The largest absolute Gasteiger partial charge is 0.493 e. The zero-order chi connectivity index (χ0) is 18.7. The molecule has 0 radical (unpaired) electrons. The van der Waals surface area contributed by atoms with Gasteiger partial charge in [-0.25, -0.2) is 4.79 Å². The number of ether oxygens (including phenoxy) is 2. The molecule has 6 nitrogen and oxygen atoms in total. The van der Waals surface area contributed by atoms with E-state index in [1.54, 1.807) is 48.5 Å². The van der Waals surface area contributed by atoms with Gasteiger partial charge in [0.05, 0.1) is 17.6 Å². The average molecular weight is 390 g/mol. The first-order valence-corrected chi connectivity index (χ1v) is 8.56. The second kappa shape index (κ2) is 7.63. The number of benzene rings is 2. The Bertz CT molecular complexity index is 924. The molecule has 2 aromatic rings. The van der Waals surface area contributed by atoms with Crippen molar-refractivity contribution in [1.82, 2.24) is 5.32 Å². The van der Waals surface area contributed by atoms with Crippen LogP contribution < -0.4 is 14.8 Å². The first-order valence-electron chi connectivity index (χ1n) is 7.37. The summed E-state index contributed by atoms with van der Waals surface area (Å²) in [5, 5.41) is 2.28. The zero-order valence-electron chi connectivity index (χ0n) is 13.4. The maximum atomic E-state index is 12.2.